The van der Waals surface area contributed by atoms with E-state index in [1.165, 1.54) is 12.3 Å². The smallest absolute Gasteiger partial charge is 0.225 e. The molecule has 2 aliphatic heterocycles. The largest absolute Gasteiger partial charge is 0.477 e. The number of halogens is 3. The van der Waals surface area contributed by atoms with Crippen molar-refractivity contribution in [2.45, 2.75) is 25.2 Å². The number of nitriles is 1. The van der Waals surface area contributed by atoms with E-state index < -0.39 is 11.6 Å². The first kappa shape index (κ1) is 26.8. The summed E-state index contributed by atoms with van der Waals surface area (Å²) < 4.78 is 33.8. The molecule has 3 aromatic rings. The van der Waals surface area contributed by atoms with E-state index in [4.69, 9.17) is 16.3 Å². The monoisotopic (exact) mass is 551 g/mol. The lowest BCUT2D eigenvalue weighted by atomic mass is 9.80. The highest BCUT2D eigenvalue weighted by Gasteiger charge is 2.36. The van der Waals surface area contributed by atoms with Crippen LogP contribution in [0.5, 0.6) is 5.88 Å². The molecule has 0 radical (unpaired) electrons. The van der Waals surface area contributed by atoms with E-state index in [0.29, 0.717) is 74.1 Å². The molecule has 0 bridgehead atoms. The number of carbonyl (C=O) groups is 1. The first-order valence-electron chi connectivity index (χ1n) is 13.0. The topological polar surface area (TPSA) is 82.4 Å². The number of hydrogen-bond acceptors (Lipinski definition) is 6. The summed E-state index contributed by atoms with van der Waals surface area (Å²) in [6.07, 6.45) is 5.15. The number of hydrogen-bond donors (Lipinski definition) is 0. The summed E-state index contributed by atoms with van der Waals surface area (Å²) in [5.41, 5.74) is 1.20. The molecule has 7 nitrogen and oxygen atoms in total. The Bertz CT molecular complexity index is 1360. The van der Waals surface area contributed by atoms with Gasteiger partial charge in [0.05, 0.1) is 23.3 Å². The maximum atomic E-state index is 14.2. The van der Waals surface area contributed by atoms with Crippen LogP contribution >= 0.6 is 11.6 Å². The van der Waals surface area contributed by atoms with Crippen LogP contribution in [-0.2, 0) is 4.79 Å². The molecule has 2 atom stereocenters. The Morgan fingerprint density at radius 2 is 1.87 bits per heavy atom. The Labute approximate surface area is 231 Å². The summed E-state index contributed by atoms with van der Waals surface area (Å²) in [4.78, 5) is 26.1. The van der Waals surface area contributed by atoms with Crippen molar-refractivity contribution in [3.05, 3.63) is 82.6 Å². The van der Waals surface area contributed by atoms with Gasteiger partial charge in [-0.3, -0.25) is 4.79 Å². The average molecular weight is 552 g/mol. The second-order valence-corrected chi connectivity index (χ2v) is 10.5. The molecular weight excluding hydrogens is 524 g/mol. The van der Waals surface area contributed by atoms with E-state index in [1.54, 1.807) is 36.5 Å². The van der Waals surface area contributed by atoms with E-state index in [-0.39, 0.29) is 23.7 Å². The zero-order valence-corrected chi connectivity index (χ0v) is 22.0. The minimum Gasteiger partial charge on any atom is -0.477 e. The van der Waals surface area contributed by atoms with Crippen molar-refractivity contribution in [1.29, 1.82) is 5.26 Å². The molecule has 0 N–H and O–H groups in total. The molecule has 2 aliphatic rings. The Morgan fingerprint density at radius 1 is 1.05 bits per heavy atom. The molecular formula is C29H28ClF2N5O2. The van der Waals surface area contributed by atoms with Gasteiger partial charge in [-0.25, -0.2) is 18.7 Å². The van der Waals surface area contributed by atoms with Gasteiger partial charge in [0.15, 0.2) is 11.6 Å². The molecule has 0 aliphatic carbocycles. The molecule has 10 heteroatoms. The van der Waals surface area contributed by atoms with Crippen molar-refractivity contribution < 1.29 is 18.3 Å². The Kier molecular flexibility index (Phi) is 8.22. The van der Waals surface area contributed by atoms with E-state index in [0.717, 1.165) is 11.9 Å². The summed E-state index contributed by atoms with van der Waals surface area (Å²) in [5.74, 6) is -0.909. The normalized spacial score (nSPS) is 19.9. The van der Waals surface area contributed by atoms with Crippen molar-refractivity contribution >= 4 is 23.3 Å². The van der Waals surface area contributed by atoms with Crippen LogP contribution in [0, 0.1) is 34.8 Å². The Morgan fingerprint density at radius 3 is 2.59 bits per heavy atom. The minimum atomic E-state index is -0.906. The van der Waals surface area contributed by atoms with E-state index in [9.17, 15) is 18.8 Å². The second kappa shape index (κ2) is 12.0. The first-order valence-corrected chi connectivity index (χ1v) is 13.4. The SMILES string of the molecule is N#Cc1ccnc(N2CCC(C(=O)N3CCC(COc4ccc(Cl)cn4)C(c4ccc(F)c(F)c4)C3)CC2)c1. The molecule has 5 rings (SSSR count). The molecule has 1 amide bonds. The van der Waals surface area contributed by atoms with Gasteiger partial charge in [-0.15, -0.1) is 0 Å². The quantitative estimate of drug-likeness (QED) is 0.418. The van der Waals surface area contributed by atoms with Gasteiger partial charge in [-0.05, 0) is 55.2 Å². The fraction of sp³-hybridized carbons (Fsp3) is 0.379. The molecule has 4 heterocycles. The van der Waals surface area contributed by atoms with Gasteiger partial charge >= 0.3 is 0 Å². The molecule has 39 heavy (non-hydrogen) atoms. The number of anilines is 1. The lowest BCUT2D eigenvalue weighted by Crippen LogP contribution is -2.48. The number of piperidine rings is 2. The summed E-state index contributed by atoms with van der Waals surface area (Å²) in [7, 11) is 0. The number of nitrogens with zero attached hydrogens (tertiary/aromatic N) is 5. The van der Waals surface area contributed by atoms with Crippen molar-refractivity contribution in [2.75, 3.05) is 37.7 Å². The van der Waals surface area contributed by atoms with Gasteiger partial charge in [0, 0.05) is 62.4 Å². The zero-order valence-electron chi connectivity index (χ0n) is 21.3. The number of benzene rings is 1. The van der Waals surface area contributed by atoms with Crippen molar-refractivity contribution in [1.82, 2.24) is 14.9 Å². The van der Waals surface area contributed by atoms with Crippen molar-refractivity contribution in [3.63, 3.8) is 0 Å². The van der Waals surface area contributed by atoms with Gasteiger partial charge in [0.1, 0.15) is 5.82 Å². The third-order valence-electron chi connectivity index (χ3n) is 7.63. The number of aromatic nitrogens is 2. The highest BCUT2D eigenvalue weighted by Crippen LogP contribution is 2.35. The Balaban J connectivity index is 1.26. The van der Waals surface area contributed by atoms with E-state index in [2.05, 4.69) is 20.9 Å². The standard InChI is InChI=1S/C29H28ClF2N5O2/c30-23-2-4-28(35-16-23)39-18-22-8-12-37(17-24(22)21-1-3-25(31)26(32)14-21)29(38)20-6-10-36(11-7-20)27-13-19(15-33)5-9-34-27/h1-5,9,13-14,16,20,22,24H,6-8,10-12,17-18H2. The van der Waals surface area contributed by atoms with Crippen LogP contribution in [0.4, 0.5) is 14.6 Å². The molecule has 0 saturated carbocycles. The number of amides is 1. The van der Waals surface area contributed by atoms with Crippen molar-refractivity contribution in [2.24, 2.45) is 11.8 Å². The van der Waals surface area contributed by atoms with Crippen LogP contribution in [0.1, 0.15) is 36.3 Å². The number of likely N-dealkylation sites (tertiary alicyclic amines) is 1. The lowest BCUT2D eigenvalue weighted by Gasteiger charge is -2.41. The zero-order chi connectivity index (χ0) is 27.4. The predicted molar refractivity (Wildman–Crippen MR) is 142 cm³/mol. The maximum Gasteiger partial charge on any atom is 0.225 e. The van der Waals surface area contributed by atoms with E-state index in [1.807, 2.05) is 4.90 Å². The van der Waals surface area contributed by atoms with Gasteiger partial charge in [0.2, 0.25) is 11.8 Å². The fourth-order valence-electron chi connectivity index (χ4n) is 5.44. The van der Waals surface area contributed by atoms with Crippen LogP contribution in [0.25, 0.3) is 0 Å². The third-order valence-corrected chi connectivity index (χ3v) is 7.85. The van der Waals surface area contributed by atoms with Gasteiger partial charge < -0.3 is 14.5 Å². The van der Waals surface area contributed by atoms with Crippen LogP contribution in [0.3, 0.4) is 0 Å². The molecule has 2 fully saturated rings. The molecule has 2 unspecified atom stereocenters. The second-order valence-electron chi connectivity index (χ2n) is 10.0. The van der Waals surface area contributed by atoms with Crippen molar-refractivity contribution in [3.8, 4) is 11.9 Å². The highest BCUT2D eigenvalue weighted by molar-refractivity contribution is 6.30. The number of ether oxygens (including phenoxy) is 1. The number of pyridine rings is 2. The number of rotatable bonds is 6. The summed E-state index contributed by atoms with van der Waals surface area (Å²) >= 11 is 5.91. The van der Waals surface area contributed by atoms with Crippen LogP contribution in [-0.4, -0.2) is 53.6 Å². The lowest BCUT2D eigenvalue weighted by molar-refractivity contribution is -0.138. The summed E-state index contributed by atoms with van der Waals surface area (Å²) in [5, 5.41) is 9.68. The molecule has 2 saturated heterocycles. The van der Waals surface area contributed by atoms with Gasteiger partial charge in [-0.2, -0.15) is 5.26 Å². The summed E-state index contributed by atoms with van der Waals surface area (Å²) in [6.45, 7) is 2.63. The average Bonchev–Trinajstić information content (AvgIpc) is 2.98. The fourth-order valence-corrected chi connectivity index (χ4v) is 5.55. The highest BCUT2D eigenvalue weighted by atomic mass is 35.5. The third kappa shape index (κ3) is 6.28. The van der Waals surface area contributed by atoms with E-state index >= 15 is 0 Å². The number of carbonyl (C=O) groups excluding carboxylic acids is 1. The molecule has 202 valence electrons. The predicted octanol–water partition coefficient (Wildman–Crippen LogP) is 5.21. The maximum absolute atomic E-state index is 14.2. The Hall–Kier alpha value is -3.77. The van der Waals surface area contributed by atoms with Crippen LogP contribution in [0.15, 0.2) is 54.9 Å². The first-order chi connectivity index (χ1) is 18.9. The molecule has 1 aromatic carbocycles. The minimum absolute atomic E-state index is 0.0169. The van der Waals surface area contributed by atoms with Gasteiger partial charge in [0.25, 0.3) is 0 Å². The van der Waals surface area contributed by atoms with Gasteiger partial charge in [-0.1, -0.05) is 17.7 Å². The molecule has 0 spiro atoms. The van der Waals surface area contributed by atoms with Crippen LogP contribution in [0.2, 0.25) is 5.02 Å². The van der Waals surface area contributed by atoms with Crippen LogP contribution < -0.4 is 9.64 Å². The molecule has 2 aromatic heterocycles. The summed E-state index contributed by atoms with van der Waals surface area (Å²) in [6, 6.07) is 12.9.